The van der Waals surface area contributed by atoms with Crippen LogP contribution < -0.4 is 0 Å². The van der Waals surface area contributed by atoms with Crippen molar-refractivity contribution < 1.29 is 9.90 Å². The van der Waals surface area contributed by atoms with Crippen LogP contribution in [-0.2, 0) is 4.79 Å². The molecule has 0 bridgehead atoms. The molecule has 0 aromatic rings. The van der Waals surface area contributed by atoms with Gasteiger partial charge in [0, 0.05) is 11.8 Å². The second kappa shape index (κ2) is 3.74. The van der Waals surface area contributed by atoms with Crippen molar-refractivity contribution in [2.24, 2.45) is 0 Å². The van der Waals surface area contributed by atoms with Crippen molar-refractivity contribution >= 4 is 17.7 Å². The van der Waals surface area contributed by atoms with Gasteiger partial charge in [-0.1, -0.05) is 0 Å². The highest BCUT2D eigenvalue weighted by Crippen LogP contribution is 2.47. The standard InChI is InChI=1S/C10H17NO2S/c1-11-6-3-8(7-11)14-10(9(12)13)4-2-5-10/h8H,2-7H2,1H3,(H,12,13). The molecule has 1 atom stereocenters. The fraction of sp³-hybridized carbons (Fsp3) is 0.900. The molecule has 0 aromatic heterocycles. The molecule has 1 unspecified atom stereocenters. The number of carboxylic acids is 1. The summed E-state index contributed by atoms with van der Waals surface area (Å²) in [7, 11) is 2.11. The number of carbonyl (C=O) groups is 1. The van der Waals surface area contributed by atoms with E-state index in [1.165, 1.54) is 0 Å². The van der Waals surface area contributed by atoms with Crippen LogP contribution in [0, 0.1) is 0 Å². The minimum Gasteiger partial charge on any atom is -0.480 e. The number of aliphatic carboxylic acids is 1. The lowest BCUT2D eigenvalue weighted by Gasteiger charge is -2.38. The van der Waals surface area contributed by atoms with E-state index in [0.717, 1.165) is 38.8 Å². The van der Waals surface area contributed by atoms with Gasteiger partial charge >= 0.3 is 5.97 Å². The van der Waals surface area contributed by atoms with Crippen LogP contribution in [0.5, 0.6) is 0 Å². The number of thioether (sulfide) groups is 1. The van der Waals surface area contributed by atoms with Crippen LogP contribution in [0.2, 0.25) is 0 Å². The lowest BCUT2D eigenvalue weighted by molar-refractivity contribution is -0.142. The highest BCUT2D eigenvalue weighted by Gasteiger charge is 2.47. The third-order valence-electron chi connectivity index (χ3n) is 3.29. The topological polar surface area (TPSA) is 40.5 Å². The van der Waals surface area contributed by atoms with Crippen molar-refractivity contribution in [2.45, 2.75) is 35.7 Å². The maximum atomic E-state index is 11.1. The Kier molecular flexibility index (Phi) is 2.75. The molecule has 14 heavy (non-hydrogen) atoms. The van der Waals surface area contributed by atoms with Gasteiger partial charge in [-0.15, -0.1) is 11.8 Å². The molecule has 1 aliphatic carbocycles. The Balaban J connectivity index is 1.92. The van der Waals surface area contributed by atoms with Gasteiger partial charge in [-0.2, -0.15) is 0 Å². The molecule has 3 nitrogen and oxygen atoms in total. The molecule has 0 amide bonds. The van der Waals surface area contributed by atoms with E-state index in [1.807, 2.05) is 0 Å². The van der Waals surface area contributed by atoms with Gasteiger partial charge in [0.15, 0.2) is 0 Å². The molecular weight excluding hydrogens is 198 g/mol. The molecule has 4 heteroatoms. The summed E-state index contributed by atoms with van der Waals surface area (Å²) in [6.07, 6.45) is 3.97. The first kappa shape index (κ1) is 10.3. The van der Waals surface area contributed by atoms with Crippen LogP contribution in [-0.4, -0.2) is 46.1 Å². The third kappa shape index (κ3) is 1.77. The maximum Gasteiger partial charge on any atom is 0.319 e. The highest BCUT2D eigenvalue weighted by molar-refractivity contribution is 8.02. The van der Waals surface area contributed by atoms with Gasteiger partial charge in [-0.05, 0) is 39.3 Å². The Morgan fingerprint density at radius 2 is 2.29 bits per heavy atom. The largest absolute Gasteiger partial charge is 0.480 e. The number of rotatable bonds is 3. The Morgan fingerprint density at radius 3 is 2.64 bits per heavy atom. The molecule has 2 fully saturated rings. The lowest BCUT2D eigenvalue weighted by Crippen LogP contribution is -2.43. The second-order valence-corrected chi connectivity index (χ2v) is 6.13. The maximum absolute atomic E-state index is 11.1. The van der Waals surface area contributed by atoms with E-state index in [9.17, 15) is 9.90 Å². The predicted octanol–water partition coefficient (Wildman–Crippen LogP) is 1.43. The molecule has 2 aliphatic rings. The average molecular weight is 215 g/mol. The predicted molar refractivity (Wildman–Crippen MR) is 57.7 cm³/mol. The van der Waals surface area contributed by atoms with E-state index < -0.39 is 10.7 Å². The SMILES string of the molecule is CN1CCC(SC2(C(=O)O)CCC2)C1. The second-order valence-electron chi connectivity index (χ2n) is 4.44. The summed E-state index contributed by atoms with van der Waals surface area (Å²) in [5.74, 6) is -0.594. The number of carboxylic acid groups (broad SMARTS) is 1. The monoisotopic (exact) mass is 215 g/mol. The van der Waals surface area contributed by atoms with Gasteiger partial charge in [-0.3, -0.25) is 4.79 Å². The fourth-order valence-electron chi connectivity index (χ4n) is 2.19. The number of likely N-dealkylation sites (tertiary alicyclic amines) is 1. The van der Waals surface area contributed by atoms with Crippen LogP contribution in [0.1, 0.15) is 25.7 Å². The first-order chi connectivity index (χ1) is 6.62. The van der Waals surface area contributed by atoms with Gasteiger partial charge in [0.05, 0.1) is 0 Å². The molecule has 1 heterocycles. The third-order valence-corrected chi connectivity index (χ3v) is 5.04. The molecule has 1 N–H and O–H groups in total. The van der Waals surface area contributed by atoms with Crippen LogP contribution >= 0.6 is 11.8 Å². The van der Waals surface area contributed by atoms with Crippen molar-refractivity contribution in [1.29, 1.82) is 0 Å². The van der Waals surface area contributed by atoms with E-state index in [-0.39, 0.29) is 0 Å². The molecule has 2 rings (SSSR count). The molecule has 0 aromatic carbocycles. The molecule has 0 radical (unpaired) electrons. The van der Waals surface area contributed by atoms with E-state index in [1.54, 1.807) is 11.8 Å². The quantitative estimate of drug-likeness (QED) is 0.773. The molecule has 1 saturated carbocycles. The molecule has 0 spiro atoms. The molecular formula is C10H17NO2S. The fourth-order valence-corrected chi connectivity index (χ4v) is 4.01. The van der Waals surface area contributed by atoms with Gasteiger partial charge in [0.25, 0.3) is 0 Å². The highest BCUT2D eigenvalue weighted by atomic mass is 32.2. The zero-order valence-electron chi connectivity index (χ0n) is 8.53. The normalized spacial score (nSPS) is 31.4. The Hall–Kier alpha value is -0.220. The summed E-state index contributed by atoms with van der Waals surface area (Å²) in [6.45, 7) is 2.17. The van der Waals surface area contributed by atoms with E-state index in [4.69, 9.17) is 0 Å². The van der Waals surface area contributed by atoms with Crippen molar-refractivity contribution in [2.75, 3.05) is 20.1 Å². The summed E-state index contributed by atoms with van der Waals surface area (Å²) in [4.78, 5) is 13.4. The Bertz CT molecular complexity index is 240. The summed E-state index contributed by atoms with van der Waals surface area (Å²) in [6, 6.07) is 0. The van der Waals surface area contributed by atoms with Crippen LogP contribution in [0.25, 0.3) is 0 Å². The first-order valence-corrected chi connectivity index (χ1v) is 6.10. The van der Waals surface area contributed by atoms with E-state index in [0.29, 0.717) is 5.25 Å². The zero-order chi connectivity index (χ0) is 10.2. The van der Waals surface area contributed by atoms with Crippen molar-refractivity contribution in [1.82, 2.24) is 4.90 Å². The summed E-state index contributed by atoms with van der Waals surface area (Å²) >= 11 is 1.71. The van der Waals surface area contributed by atoms with Crippen molar-refractivity contribution in [3.8, 4) is 0 Å². The lowest BCUT2D eigenvalue weighted by atomic mass is 9.84. The minimum atomic E-state index is -0.594. The average Bonchev–Trinajstić information content (AvgIpc) is 2.43. The van der Waals surface area contributed by atoms with Gasteiger partial charge < -0.3 is 10.0 Å². The van der Waals surface area contributed by atoms with E-state index >= 15 is 0 Å². The summed E-state index contributed by atoms with van der Waals surface area (Å²) < 4.78 is -0.421. The number of hydrogen-bond acceptors (Lipinski definition) is 3. The zero-order valence-corrected chi connectivity index (χ0v) is 9.35. The van der Waals surface area contributed by atoms with Crippen molar-refractivity contribution in [3.05, 3.63) is 0 Å². The summed E-state index contributed by atoms with van der Waals surface area (Å²) in [5.41, 5.74) is 0. The van der Waals surface area contributed by atoms with Crippen LogP contribution in [0.15, 0.2) is 0 Å². The van der Waals surface area contributed by atoms with Crippen LogP contribution in [0.4, 0.5) is 0 Å². The van der Waals surface area contributed by atoms with E-state index in [2.05, 4.69) is 11.9 Å². The minimum absolute atomic E-state index is 0.421. The smallest absolute Gasteiger partial charge is 0.319 e. The molecule has 1 saturated heterocycles. The molecule has 1 aliphatic heterocycles. The Labute approximate surface area is 88.9 Å². The van der Waals surface area contributed by atoms with Gasteiger partial charge in [0.1, 0.15) is 4.75 Å². The van der Waals surface area contributed by atoms with Crippen LogP contribution in [0.3, 0.4) is 0 Å². The summed E-state index contributed by atoms with van der Waals surface area (Å²) in [5, 5.41) is 9.71. The van der Waals surface area contributed by atoms with Gasteiger partial charge in [-0.25, -0.2) is 0 Å². The van der Waals surface area contributed by atoms with Crippen molar-refractivity contribution in [3.63, 3.8) is 0 Å². The number of nitrogens with zero attached hydrogens (tertiary/aromatic N) is 1. The number of hydrogen-bond donors (Lipinski definition) is 1. The molecule has 80 valence electrons. The van der Waals surface area contributed by atoms with Gasteiger partial charge in [0.2, 0.25) is 0 Å². The first-order valence-electron chi connectivity index (χ1n) is 5.22. The Morgan fingerprint density at radius 1 is 1.57 bits per heavy atom.